The average Bonchev–Trinajstić information content (AvgIpc) is 2.77. The number of anilines is 3. The van der Waals surface area contributed by atoms with Crippen LogP contribution in [0.5, 0.6) is 0 Å². The second-order valence-corrected chi connectivity index (χ2v) is 6.00. The number of amides is 1. The lowest BCUT2D eigenvalue weighted by Gasteiger charge is -2.38. The Kier molecular flexibility index (Phi) is 3.30. The summed E-state index contributed by atoms with van der Waals surface area (Å²) in [6.45, 7) is 2.02. The monoisotopic (exact) mass is 274 g/mol. The summed E-state index contributed by atoms with van der Waals surface area (Å²) in [6, 6.07) is 4.54. The third-order valence-electron chi connectivity index (χ3n) is 4.35. The van der Waals surface area contributed by atoms with Gasteiger partial charge in [-0.3, -0.25) is 4.79 Å². The van der Waals surface area contributed by atoms with E-state index in [9.17, 15) is 4.79 Å². The van der Waals surface area contributed by atoms with E-state index in [1.807, 2.05) is 12.1 Å². The van der Waals surface area contributed by atoms with Gasteiger partial charge in [-0.05, 0) is 44.6 Å². The zero-order valence-electron chi connectivity index (χ0n) is 12.1. The second kappa shape index (κ2) is 4.98. The third kappa shape index (κ3) is 2.33. The van der Waals surface area contributed by atoms with Gasteiger partial charge in [0.15, 0.2) is 0 Å². The second-order valence-electron chi connectivity index (χ2n) is 6.00. The van der Waals surface area contributed by atoms with Gasteiger partial charge in [-0.25, -0.2) is 0 Å². The molecule has 2 heterocycles. The predicted molar refractivity (Wildman–Crippen MR) is 82.1 cm³/mol. The molecule has 0 saturated carbocycles. The number of fused-ring (bicyclic) bond motifs is 1. The SMILES string of the molecule is CN(C)C1CCCN(c2cc3c(cc2N)CC(=O)N3)C1. The van der Waals surface area contributed by atoms with Crippen molar-refractivity contribution in [1.82, 2.24) is 4.90 Å². The van der Waals surface area contributed by atoms with Gasteiger partial charge in [0.25, 0.3) is 0 Å². The standard InChI is InChI=1S/C15H22N4O/c1-18(2)11-4-3-5-19(9-11)14-8-13-10(6-12(14)16)7-15(20)17-13/h6,8,11H,3-5,7,9,16H2,1-2H3,(H,17,20). The van der Waals surface area contributed by atoms with Crippen LogP contribution in [0.25, 0.3) is 0 Å². The molecule has 0 spiro atoms. The van der Waals surface area contributed by atoms with Gasteiger partial charge < -0.3 is 20.9 Å². The summed E-state index contributed by atoms with van der Waals surface area (Å²) in [5.74, 6) is 0.0568. The van der Waals surface area contributed by atoms with Crippen molar-refractivity contribution >= 4 is 23.0 Å². The van der Waals surface area contributed by atoms with Crippen molar-refractivity contribution in [2.24, 2.45) is 0 Å². The molecule has 1 aromatic rings. The number of nitrogen functional groups attached to an aromatic ring is 1. The van der Waals surface area contributed by atoms with Gasteiger partial charge in [-0.15, -0.1) is 0 Å². The molecule has 2 aliphatic rings. The molecule has 20 heavy (non-hydrogen) atoms. The van der Waals surface area contributed by atoms with E-state index in [-0.39, 0.29) is 5.91 Å². The fourth-order valence-electron chi connectivity index (χ4n) is 3.15. The molecule has 1 amide bonds. The summed E-state index contributed by atoms with van der Waals surface area (Å²) in [5, 5.41) is 2.91. The average molecular weight is 274 g/mol. The Hall–Kier alpha value is -1.75. The van der Waals surface area contributed by atoms with Crippen LogP contribution < -0.4 is 16.0 Å². The molecule has 5 heteroatoms. The molecule has 3 rings (SSSR count). The molecule has 1 aromatic carbocycles. The minimum absolute atomic E-state index is 0.0568. The van der Waals surface area contributed by atoms with Crippen LogP contribution in [0, 0.1) is 0 Å². The largest absolute Gasteiger partial charge is 0.397 e. The predicted octanol–water partition coefficient (Wildman–Crippen LogP) is 1.29. The Morgan fingerprint density at radius 2 is 2.20 bits per heavy atom. The molecule has 0 radical (unpaired) electrons. The number of hydrogen-bond donors (Lipinski definition) is 2. The first kappa shape index (κ1) is 13.2. The van der Waals surface area contributed by atoms with Crippen molar-refractivity contribution in [2.45, 2.75) is 25.3 Å². The molecule has 1 saturated heterocycles. The number of carbonyl (C=O) groups excluding carboxylic acids is 1. The molecule has 108 valence electrons. The molecule has 1 unspecified atom stereocenters. The number of benzene rings is 1. The van der Waals surface area contributed by atoms with E-state index in [1.165, 1.54) is 12.8 Å². The van der Waals surface area contributed by atoms with Crippen LogP contribution >= 0.6 is 0 Å². The van der Waals surface area contributed by atoms with Gasteiger partial charge in [-0.2, -0.15) is 0 Å². The Bertz CT molecular complexity index is 541. The molecular formula is C15H22N4O. The first-order valence-electron chi connectivity index (χ1n) is 7.18. The smallest absolute Gasteiger partial charge is 0.228 e. The van der Waals surface area contributed by atoms with Crippen LogP contribution in [-0.2, 0) is 11.2 Å². The molecular weight excluding hydrogens is 252 g/mol. The number of nitrogens with two attached hydrogens (primary N) is 1. The van der Waals surface area contributed by atoms with Crippen LogP contribution in [0.3, 0.4) is 0 Å². The van der Waals surface area contributed by atoms with Crippen LogP contribution in [0.15, 0.2) is 12.1 Å². The van der Waals surface area contributed by atoms with Crippen LogP contribution in [0.2, 0.25) is 0 Å². The van der Waals surface area contributed by atoms with Gasteiger partial charge in [0.1, 0.15) is 0 Å². The number of carbonyl (C=O) groups is 1. The van der Waals surface area contributed by atoms with Crippen molar-refractivity contribution in [3.8, 4) is 0 Å². The van der Waals surface area contributed by atoms with E-state index in [0.29, 0.717) is 12.5 Å². The van der Waals surface area contributed by atoms with Gasteiger partial charge >= 0.3 is 0 Å². The van der Waals surface area contributed by atoms with E-state index < -0.39 is 0 Å². The Morgan fingerprint density at radius 3 is 2.95 bits per heavy atom. The van der Waals surface area contributed by atoms with Gasteiger partial charge in [0, 0.05) is 24.8 Å². The van der Waals surface area contributed by atoms with Crippen molar-refractivity contribution in [3.05, 3.63) is 17.7 Å². The number of nitrogens with one attached hydrogen (secondary N) is 1. The van der Waals surface area contributed by atoms with Gasteiger partial charge in [-0.1, -0.05) is 0 Å². The lowest BCUT2D eigenvalue weighted by molar-refractivity contribution is -0.115. The normalized spacial score (nSPS) is 22.1. The van der Waals surface area contributed by atoms with E-state index in [0.717, 1.165) is 35.7 Å². The van der Waals surface area contributed by atoms with Gasteiger partial charge in [0.2, 0.25) is 5.91 Å². The van der Waals surface area contributed by atoms with E-state index in [4.69, 9.17) is 5.73 Å². The van der Waals surface area contributed by atoms with Crippen LogP contribution in [-0.4, -0.2) is 44.0 Å². The minimum atomic E-state index is 0.0568. The molecule has 0 aromatic heterocycles. The summed E-state index contributed by atoms with van der Waals surface area (Å²) in [4.78, 5) is 16.1. The summed E-state index contributed by atoms with van der Waals surface area (Å²) < 4.78 is 0. The maximum absolute atomic E-state index is 11.5. The Balaban J connectivity index is 1.87. The molecule has 2 aliphatic heterocycles. The fraction of sp³-hybridized carbons (Fsp3) is 0.533. The quantitative estimate of drug-likeness (QED) is 0.798. The number of nitrogens with zero attached hydrogens (tertiary/aromatic N) is 2. The topological polar surface area (TPSA) is 61.6 Å². The highest BCUT2D eigenvalue weighted by Crippen LogP contribution is 2.35. The summed E-state index contributed by atoms with van der Waals surface area (Å²) in [7, 11) is 4.25. The molecule has 5 nitrogen and oxygen atoms in total. The first-order valence-corrected chi connectivity index (χ1v) is 7.18. The van der Waals surface area contributed by atoms with Crippen molar-refractivity contribution in [3.63, 3.8) is 0 Å². The Morgan fingerprint density at radius 1 is 1.40 bits per heavy atom. The summed E-state index contributed by atoms with van der Waals surface area (Å²) >= 11 is 0. The highest BCUT2D eigenvalue weighted by Gasteiger charge is 2.25. The highest BCUT2D eigenvalue weighted by atomic mass is 16.1. The zero-order valence-corrected chi connectivity index (χ0v) is 12.1. The van der Waals surface area contributed by atoms with E-state index in [1.54, 1.807) is 0 Å². The number of likely N-dealkylation sites (N-methyl/N-ethyl adjacent to an activating group) is 1. The highest BCUT2D eigenvalue weighted by molar-refractivity contribution is 6.00. The maximum atomic E-state index is 11.5. The van der Waals surface area contributed by atoms with Crippen LogP contribution in [0.1, 0.15) is 18.4 Å². The third-order valence-corrected chi connectivity index (χ3v) is 4.35. The molecule has 0 bridgehead atoms. The molecule has 0 aliphatic carbocycles. The number of piperidine rings is 1. The summed E-state index contributed by atoms with van der Waals surface area (Å²) in [6.07, 6.45) is 2.84. The zero-order chi connectivity index (χ0) is 14.3. The van der Waals surface area contributed by atoms with Crippen molar-refractivity contribution in [2.75, 3.05) is 43.1 Å². The fourth-order valence-corrected chi connectivity index (χ4v) is 3.15. The van der Waals surface area contributed by atoms with Gasteiger partial charge in [0.05, 0.1) is 17.8 Å². The van der Waals surface area contributed by atoms with E-state index >= 15 is 0 Å². The maximum Gasteiger partial charge on any atom is 0.228 e. The Labute approximate surface area is 119 Å². The molecule has 1 fully saturated rings. The van der Waals surface area contributed by atoms with E-state index in [2.05, 4.69) is 29.2 Å². The molecule has 1 atom stereocenters. The lowest BCUT2D eigenvalue weighted by Crippen LogP contribution is -2.45. The summed E-state index contributed by atoms with van der Waals surface area (Å²) in [5.41, 5.74) is 9.96. The number of rotatable bonds is 2. The minimum Gasteiger partial charge on any atom is -0.397 e. The van der Waals surface area contributed by atoms with Crippen molar-refractivity contribution in [1.29, 1.82) is 0 Å². The van der Waals surface area contributed by atoms with Crippen molar-refractivity contribution < 1.29 is 4.79 Å². The first-order chi connectivity index (χ1) is 9.54. The number of hydrogen-bond acceptors (Lipinski definition) is 4. The van der Waals surface area contributed by atoms with Crippen LogP contribution in [0.4, 0.5) is 17.1 Å². The molecule has 3 N–H and O–H groups in total. The lowest BCUT2D eigenvalue weighted by atomic mass is 10.0.